The van der Waals surface area contributed by atoms with E-state index in [0.29, 0.717) is 17.3 Å². The Morgan fingerprint density at radius 2 is 1.93 bits per heavy atom. The second-order valence-corrected chi connectivity index (χ2v) is 8.04. The first-order chi connectivity index (χ1) is 14.2. The molecule has 29 heavy (non-hydrogen) atoms. The second-order valence-electron chi connectivity index (χ2n) is 6.24. The van der Waals surface area contributed by atoms with Gasteiger partial charge in [-0.1, -0.05) is 36.0 Å². The molecule has 0 fully saturated rings. The van der Waals surface area contributed by atoms with Gasteiger partial charge in [0.1, 0.15) is 11.3 Å². The summed E-state index contributed by atoms with van der Waals surface area (Å²) >= 11 is 3.20. The van der Waals surface area contributed by atoms with E-state index in [1.165, 1.54) is 5.56 Å². The minimum atomic E-state index is 0.697. The Bertz CT molecular complexity index is 1120. The zero-order valence-electron chi connectivity index (χ0n) is 16.3. The van der Waals surface area contributed by atoms with Crippen molar-refractivity contribution >= 4 is 23.1 Å². The molecule has 0 radical (unpaired) electrons. The average molecular weight is 425 g/mol. The lowest BCUT2D eigenvalue weighted by Crippen LogP contribution is -1.97. The molecular formula is C21H20N4O2S2. The number of aryl methyl sites for hydroxylation is 1. The Labute approximate surface area is 177 Å². The van der Waals surface area contributed by atoms with Crippen LogP contribution in [0, 0.1) is 6.92 Å². The van der Waals surface area contributed by atoms with Crippen molar-refractivity contribution in [2.45, 2.75) is 17.8 Å². The minimum Gasteiger partial charge on any atom is -0.493 e. The van der Waals surface area contributed by atoms with Gasteiger partial charge in [-0.2, -0.15) is 0 Å². The topological polar surface area (TPSA) is 62.1 Å². The number of ether oxygens (including phenoxy) is 2. The van der Waals surface area contributed by atoms with Gasteiger partial charge >= 0.3 is 0 Å². The van der Waals surface area contributed by atoms with Crippen molar-refractivity contribution in [1.29, 1.82) is 0 Å². The minimum absolute atomic E-state index is 0.697. The fraction of sp³-hybridized carbons (Fsp3) is 0.190. The largest absolute Gasteiger partial charge is 0.493 e. The molecule has 0 spiro atoms. The van der Waals surface area contributed by atoms with Gasteiger partial charge in [0.15, 0.2) is 16.7 Å². The molecule has 0 atom stereocenters. The molecule has 0 aliphatic carbocycles. The number of nitrogens with zero attached hydrogens (tertiary/aromatic N) is 4. The molecule has 0 N–H and O–H groups in total. The molecule has 0 aliphatic rings. The van der Waals surface area contributed by atoms with Crippen LogP contribution in [-0.2, 0) is 5.75 Å². The lowest BCUT2D eigenvalue weighted by atomic mass is 10.2. The van der Waals surface area contributed by atoms with Crippen molar-refractivity contribution < 1.29 is 9.47 Å². The van der Waals surface area contributed by atoms with Crippen molar-refractivity contribution in [3.63, 3.8) is 0 Å². The maximum Gasteiger partial charge on any atom is 0.196 e. The van der Waals surface area contributed by atoms with Crippen LogP contribution in [0.2, 0.25) is 0 Å². The standard InChI is InChI=1S/C21H20N4O2S2/c1-14-7-4-5-9-17(14)25-13-22-24-21(25)29-12-15-11-28-20(23-15)16-8-6-10-18(26-2)19(16)27-3/h4-11,13H,12H2,1-3H3. The molecule has 0 bridgehead atoms. The second kappa shape index (κ2) is 8.67. The molecule has 0 saturated heterocycles. The van der Waals surface area contributed by atoms with Crippen molar-refractivity contribution in [3.05, 3.63) is 65.4 Å². The lowest BCUT2D eigenvalue weighted by Gasteiger charge is -2.10. The molecule has 8 heteroatoms. The van der Waals surface area contributed by atoms with Crippen LogP contribution >= 0.6 is 23.1 Å². The highest BCUT2D eigenvalue weighted by atomic mass is 32.2. The van der Waals surface area contributed by atoms with Gasteiger partial charge in [-0.05, 0) is 30.7 Å². The van der Waals surface area contributed by atoms with Gasteiger partial charge in [0.25, 0.3) is 0 Å². The van der Waals surface area contributed by atoms with Gasteiger partial charge in [-0.3, -0.25) is 4.57 Å². The number of thiazole rings is 1. The summed E-state index contributed by atoms with van der Waals surface area (Å²) in [5, 5.41) is 12.2. The Hall–Kier alpha value is -2.84. The molecule has 6 nitrogen and oxygen atoms in total. The quantitative estimate of drug-likeness (QED) is 0.389. The van der Waals surface area contributed by atoms with Crippen LogP contribution in [-0.4, -0.2) is 34.0 Å². The number of methoxy groups -OCH3 is 2. The number of aromatic nitrogens is 4. The van der Waals surface area contributed by atoms with Crippen LogP contribution in [0.4, 0.5) is 0 Å². The molecule has 4 aromatic rings. The highest BCUT2D eigenvalue weighted by molar-refractivity contribution is 7.98. The van der Waals surface area contributed by atoms with Crippen molar-refractivity contribution in [2.24, 2.45) is 0 Å². The molecule has 4 rings (SSSR count). The fourth-order valence-corrected chi connectivity index (χ4v) is 4.77. The van der Waals surface area contributed by atoms with Gasteiger partial charge in [0.2, 0.25) is 0 Å². The Balaban J connectivity index is 1.54. The molecule has 0 saturated carbocycles. The van der Waals surface area contributed by atoms with Crippen molar-refractivity contribution in [2.75, 3.05) is 14.2 Å². The molecule has 2 aromatic carbocycles. The molecule has 2 heterocycles. The van der Waals surface area contributed by atoms with Gasteiger partial charge in [-0.25, -0.2) is 4.98 Å². The fourth-order valence-electron chi connectivity index (χ4n) is 3.01. The van der Waals surface area contributed by atoms with E-state index in [-0.39, 0.29) is 0 Å². The summed E-state index contributed by atoms with van der Waals surface area (Å²) in [5.41, 5.74) is 4.17. The maximum absolute atomic E-state index is 5.54. The predicted octanol–water partition coefficient (Wildman–Crippen LogP) is 5.01. The van der Waals surface area contributed by atoms with Crippen LogP contribution < -0.4 is 9.47 Å². The lowest BCUT2D eigenvalue weighted by molar-refractivity contribution is 0.356. The van der Waals surface area contributed by atoms with E-state index in [9.17, 15) is 0 Å². The van der Waals surface area contributed by atoms with E-state index < -0.39 is 0 Å². The third-order valence-electron chi connectivity index (χ3n) is 4.43. The number of benzene rings is 2. The Morgan fingerprint density at radius 1 is 1.07 bits per heavy atom. The number of hydrogen-bond donors (Lipinski definition) is 0. The average Bonchev–Trinajstić information content (AvgIpc) is 3.41. The number of rotatable bonds is 7. The summed E-state index contributed by atoms with van der Waals surface area (Å²) in [6.45, 7) is 2.08. The van der Waals surface area contributed by atoms with Gasteiger partial charge in [-0.15, -0.1) is 21.5 Å². The maximum atomic E-state index is 5.54. The normalized spacial score (nSPS) is 10.9. The molecule has 0 amide bonds. The van der Waals surface area contributed by atoms with Crippen LogP contribution in [0.1, 0.15) is 11.3 Å². The van der Waals surface area contributed by atoms with Crippen molar-refractivity contribution in [3.8, 4) is 27.8 Å². The zero-order valence-corrected chi connectivity index (χ0v) is 18.0. The number of para-hydroxylation sites is 2. The molecule has 2 aromatic heterocycles. The van der Waals surface area contributed by atoms with E-state index in [0.717, 1.165) is 27.1 Å². The van der Waals surface area contributed by atoms with Crippen LogP contribution in [0.25, 0.3) is 16.3 Å². The number of hydrogen-bond acceptors (Lipinski definition) is 7. The molecule has 0 aliphatic heterocycles. The van der Waals surface area contributed by atoms with E-state index in [1.54, 1.807) is 43.6 Å². The summed E-state index contributed by atoms with van der Waals surface area (Å²) in [7, 11) is 3.28. The molecule has 148 valence electrons. The van der Waals surface area contributed by atoms with Gasteiger partial charge < -0.3 is 9.47 Å². The first kappa shape index (κ1) is 19.5. The molecule has 0 unspecified atom stereocenters. The third kappa shape index (κ3) is 3.99. The first-order valence-electron chi connectivity index (χ1n) is 8.96. The van der Waals surface area contributed by atoms with Crippen LogP contribution in [0.5, 0.6) is 11.5 Å². The number of thioether (sulfide) groups is 1. The SMILES string of the molecule is COc1cccc(-c2nc(CSc3nncn3-c3ccccc3C)cs2)c1OC. The van der Waals surface area contributed by atoms with E-state index in [2.05, 4.69) is 34.6 Å². The van der Waals surface area contributed by atoms with Gasteiger partial charge in [0, 0.05) is 11.1 Å². The zero-order chi connectivity index (χ0) is 20.2. The van der Waals surface area contributed by atoms with E-state index in [4.69, 9.17) is 14.5 Å². The highest BCUT2D eigenvalue weighted by Crippen LogP contribution is 2.39. The van der Waals surface area contributed by atoms with Crippen molar-refractivity contribution in [1.82, 2.24) is 19.7 Å². The van der Waals surface area contributed by atoms with E-state index >= 15 is 0 Å². The smallest absolute Gasteiger partial charge is 0.196 e. The van der Waals surface area contributed by atoms with Crippen LogP contribution in [0.3, 0.4) is 0 Å². The van der Waals surface area contributed by atoms with E-state index in [1.807, 2.05) is 34.9 Å². The summed E-state index contributed by atoms with van der Waals surface area (Å²) < 4.78 is 12.9. The third-order valence-corrected chi connectivity index (χ3v) is 6.33. The van der Waals surface area contributed by atoms with Gasteiger partial charge in [0.05, 0.1) is 31.2 Å². The highest BCUT2D eigenvalue weighted by Gasteiger charge is 2.15. The summed E-state index contributed by atoms with van der Waals surface area (Å²) in [6.07, 6.45) is 1.75. The Morgan fingerprint density at radius 3 is 2.72 bits per heavy atom. The summed E-state index contributed by atoms with van der Waals surface area (Å²) in [6, 6.07) is 14.0. The Kier molecular flexibility index (Phi) is 5.82. The molecular weight excluding hydrogens is 404 g/mol. The van der Waals surface area contributed by atoms with Crippen LogP contribution in [0.15, 0.2) is 59.3 Å². The predicted molar refractivity (Wildman–Crippen MR) is 116 cm³/mol. The monoisotopic (exact) mass is 424 g/mol. The first-order valence-corrected chi connectivity index (χ1v) is 10.8. The summed E-state index contributed by atoms with van der Waals surface area (Å²) in [5.74, 6) is 2.10. The summed E-state index contributed by atoms with van der Waals surface area (Å²) in [4.78, 5) is 4.79.